The summed E-state index contributed by atoms with van der Waals surface area (Å²) < 4.78 is 6.37. The maximum absolute atomic E-state index is 11.9. The first kappa shape index (κ1) is 14.9. The van der Waals surface area contributed by atoms with Crippen molar-refractivity contribution >= 4 is 33.1 Å². The van der Waals surface area contributed by atoms with Gasteiger partial charge in [-0.3, -0.25) is 4.79 Å². The molecule has 1 amide bonds. The van der Waals surface area contributed by atoms with Crippen LogP contribution in [-0.2, 0) is 9.53 Å². The van der Waals surface area contributed by atoms with E-state index >= 15 is 0 Å². The van der Waals surface area contributed by atoms with Crippen LogP contribution in [0.25, 0.3) is 10.2 Å². The van der Waals surface area contributed by atoms with Crippen LogP contribution in [-0.4, -0.2) is 23.6 Å². The maximum Gasteiger partial charge on any atom is 0.253 e. The van der Waals surface area contributed by atoms with Crippen molar-refractivity contribution in [2.45, 2.75) is 39.7 Å². The molecular formula is C15H20N2O2S. The molecule has 20 heavy (non-hydrogen) atoms. The van der Waals surface area contributed by atoms with E-state index in [-0.39, 0.29) is 5.91 Å². The number of aromatic nitrogens is 1. The molecule has 0 aliphatic heterocycles. The van der Waals surface area contributed by atoms with E-state index < -0.39 is 6.10 Å². The predicted octanol–water partition coefficient (Wildman–Crippen LogP) is 3.78. The molecule has 2 aromatic rings. The van der Waals surface area contributed by atoms with Crippen molar-refractivity contribution in [3.05, 3.63) is 23.2 Å². The van der Waals surface area contributed by atoms with Gasteiger partial charge in [-0.1, -0.05) is 13.8 Å². The number of anilines is 1. The van der Waals surface area contributed by atoms with E-state index in [0.29, 0.717) is 12.5 Å². The summed E-state index contributed by atoms with van der Waals surface area (Å²) in [5, 5.41) is 3.99. The molecule has 1 N–H and O–H groups in total. The molecule has 108 valence electrons. The molecule has 0 radical (unpaired) electrons. The van der Waals surface area contributed by atoms with Crippen molar-refractivity contribution in [1.29, 1.82) is 0 Å². The average Bonchev–Trinajstić information content (AvgIpc) is 2.82. The number of thiazole rings is 1. The van der Waals surface area contributed by atoms with Crippen molar-refractivity contribution in [3.63, 3.8) is 0 Å². The van der Waals surface area contributed by atoms with Crippen LogP contribution in [0.5, 0.6) is 0 Å². The van der Waals surface area contributed by atoms with Crippen LogP contribution in [0.3, 0.4) is 0 Å². The van der Waals surface area contributed by atoms with Crippen LogP contribution >= 0.6 is 11.3 Å². The van der Waals surface area contributed by atoms with Gasteiger partial charge in [0.25, 0.3) is 5.91 Å². The number of amides is 1. The Balaban J connectivity index is 2.17. The third-order valence-corrected chi connectivity index (χ3v) is 4.27. The van der Waals surface area contributed by atoms with E-state index in [2.05, 4.69) is 24.1 Å². The number of benzene rings is 1. The molecule has 2 rings (SSSR count). The quantitative estimate of drug-likeness (QED) is 0.912. The minimum atomic E-state index is -0.441. The van der Waals surface area contributed by atoms with Gasteiger partial charge in [-0.25, -0.2) is 4.98 Å². The van der Waals surface area contributed by atoms with Crippen molar-refractivity contribution in [1.82, 2.24) is 4.98 Å². The number of nitrogens with zero attached hydrogens (tertiary/aromatic N) is 1. The molecule has 5 heteroatoms. The molecule has 0 saturated heterocycles. The van der Waals surface area contributed by atoms with Gasteiger partial charge < -0.3 is 10.1 Å². The number of carbonyl (C=O) groups excluding carboxylic acids is 1. The number of hydrogen-bond acceptors (Lipinski definition) is 4. The molecule has 1 heterocycles. The lowest BCUT2D eigenvalue weighted by Gasteiger charge is -2.11. The van der Waals surface area contributed by atoms with Crippen LogP contribution in [0.15, 0.2) is 18.2 Å². The summed E-state index contributed by atoms with van der Waals surface area (Å²) in [4.78, 5) is 16.5. The summed E-state index contributed by atoms with van der Waals surface area (Å²) >= 11 is 1.67. The standard InChI is InChI=1S/C15H20N2O2S/c1-5-19-10(4)14(18)16-11-6-7-12-13(8-11)20-15(17-12)9(2)3/h6-10H,5H2,1-4H3,(H,16,18). The van der Waals surface area contributed by atoms with Gasteiger partial charge in [0.15, 0.2) is 0 Å². The zero-order chi connectivity index (χ0) is 14.7. The Morgan fingerprint density at radius 1 is 1.40 bits per heavy atom. The monoisotopic (exact) mass is 292 g/mol. The topological polar surface area (TPSA) is 51.2 Å². The second kappa shape index (κ2) is 6.33. The van der Waals surface area contributed by atoms with Crippen LogP contribution in [0, 0.1) is 0 Å². The molecule has 1 aromatic carbocycles. The summed E-state index contributed by atoms with van der Waals surface area (Å²) in [6.07, 6.45) is -0.441. The summed E-state index contributed by atoms with van der Waals surface area (Å²) in [6.45, 7) is 8.41. The fraction of sp³-hybridized carbons (Fsp3) is 0.467. The first-order chi connectivity index (χ1) is 9.51. The predicted molar refractivity (Wildman–Crippen MR) is 83.4 cm³/mol. The second-order valence-corrected chi connectivity index (χ2v) is 6.04. The molecule has 0 fully saturated rings. The minimum Gasteiger partial charge on any atom is -0.369 e. The number of rotatable bonds is 5. The fourth-order valence-electron chi connectivity index (χ4n) is 1.84. The van der Waals surface area contributed by atoms with E-state index in [1.165, 1.54) is 0 Å². The fourth-order valence-corrected chi connectivity index (χ4v) is 2.85. The van der Waals surface area contributed by atoms with Crippen LogP contribution < -0.4 is 5.32 Å². The summed E-state index contributed by atoms with van der Waals surface area (Å²) in [7, 11) is 0. The first-order valence-corrected chi connectivity index (χ1v) is 7.66. The SMILES string of the molecule is CCOC(C)C(=O)Nc1ccc2nc(C(C)C)sc2c1. The largest absolute Gasteiger partial charge is 0.369 e. The Morgan fingerprint density at radius 3 is 2.80 bits per heavy atom. The normalized spacial score (nSPS) is 12.8. The zero-order valence-corrected chi connectivity index (χ0v) is 13.1. The Hall–Kier alpha value is -1.46. The second-order valence-electron chi connectivity index (χ2n) is 4.98. The third-order valence-electron chi connectivity index (χ3n) is 2.95. The smallest absolute Gasteiger partial charge is 0.253 e. The molecule has 1 unspecified atom stereocenters. The highest BCUT2D eigenvalue weighted by Crippen LogP contribution is 2.29. The third kappa shape index (κ3) is 3.35. The Morgan fingerprint density at radius 2 is 2.15 bits per heavy atom. The van der Waals surface area contributed by atoms with Gasteiger partial charge in [0.1, 0.15) is 6.10 Å². The number of hydrogen-bond donors (Lipinski definition) is 1. The van der Waals surface area contributed by atoms with E-state index in [4.69, 9.17) is 4.74 Å². The molecule has 1 aromatic heterocycles. The summed E-state index contributed by atoms with van der Waals surface area (Å²) in [5.41, 5.74) is 1.77. The van der Waals surface area contributed by atoms with E-state index in [9.17, 15) is 4.79 Å². The molecule has 0 bridgehead atoms. The van der Waals surface area contributed by atoms with Crippen LogP contribution in [0.4, 0.5) is 5.69 Å². The number of fused-ring (bicyclic) bond motifs is 1. The van der Waals surface area contributed by atoms with Gasteiger partial charge >= 0.3 is 0 Å². The number of carbonyl (C=O) groups is 1. The molecule has 0 aliphatic rings. The lowest BCUT2D eigenvalue weighted by molar-refractivity contribution is -0.126. The Labute approximate surface area is 123 Å². The van der Waals surface area contributed by atoms with Crippen molar-refractivity contribution in [3.8, 4) is 0 Å². The summed E-state index contributed by atoms with van der Waals surface area (Å²) in [6, 6.07) is 5.79. The maximum atomic E-state index is 11.9. The number of ether oxygens (including phenoxy) is 1. The summed E-state index contributed by atoms with van der Waals surface area (Å²) in [5.74, 6) is 0.295. The number of nitrogens with one attached hydrogen (secondary N) is 1. The average molecular weight is 292 g/mol. The Bertz CT molecular complexity index is 607. The molecule has 0 spiro atoms. The molecule has 0 saturated carbocycles. The van der Waals surface area contributed by atoms with Crippen molar-refractivity contribution in [2.75, 3.05) is 11.9 Å². The highest BCUT2D eigenvalue weighted by atomic mass is 32.1. The van der Waals surface area contributed by atoms with Crippen LogP contribution in [0.2, 0.25) is 0 Å². The molecule has 1 atom stereocenters. The zero-order valence-electron chi connectivity index (χ0n) is 12.3. The van der Waals surface area contributed by atoms with Gasteiger partial charge in [0.2, 0.25) is 0 Å². The lowest BCUT2D eigenvalue weighted by Crippen LogP contribution is -2.27. The van der Waals surface area contributed by atoms with Gasteiger partial charge in [-0.2, -0.15) is 0 Å². The van der Waals surface area contributed by atoms with Gasteiger partial charge in [-0.05, 0) is 32.0 Å². The van der Waals surface area contributed by atoms with Gasteiger partial charge in [0, 0.05) is 18.2 Å². The molecule has 4 nitrogen and oxygen atoms in total. The van der Waals surface area contributed by atoms with Crippen LogP contribution in [0.1, 0.15) is 38.6 Å². The van der Waals surface area contributed by atoms with E-state index in [1.807, 2.05) is 25.1 Å². The minimum absolute atomic E-state index is 0.125. The van der Waals surface area contributed by atoms with E-state index in [1.54, 1.807) is 18.3 Å². The van der Waals surface area contributed by atoms with Crippen molar-refractivity contribution < 1.29 is 9.53 Å². The molecular weight excluding hydrogens is 272 g/mol. The highest BCUT2D eigenvalue weighted by molar-refractivity contribution is 7.18. The van der Waals surface area contributed by atoms with Gasteiger partial charge in [-0.15, -0.1) is 11.3 Å². The van der Waals surface area contributed by atoms with Crippen molar-refractivity contribution in [2.24, 2.45) is 0 Å². The highest BCUT2D eigenvalue weighted by Gasteiger charge is 2.13. The van der Waals surface area contributed by atoms with E-state index in [0.717, 1.165) is 20.9 Å². The first-order valence-electron chi connectivity index (χ1n) is 6.84. The molecule has 0 aliphatic carbocycles. The Kier molecular flexibility index (Phi) is 4.73. The van der Waals surface area contributed by atoms with Gasteiger partial charge in [0.05, 0.1) is 15.2 Å². The lowest BCUT2D eigenvalue weighted by atomic mass is 10.2.